The van der Waals surface area contributed by atoms with E-state index in [4.69, 9.17) is 0 Å². The van der Waals surface area contributed by atoms with Crippen LogP contribution in [0.15, 0.2) is 29.2 Å². The summed E-state index contributed by atoms with van der Waals surface area (Å²) < 4.78 is 51.2. The minimum atomic E-state index is -3.70. The van der Waals surface area contributed by atoms with Crippen molar-refractivity contribution < 1.29 is 16.8 Å². The lowest BCUT2D eigenvalue weighted by Crippen LogP contribution is -2.54. The third kappa shape index (κ3) is 4.39. The molecule has 27 heavy (non-hydrogen) atoms. The van der Waals surface area contributed by atoms with Gasteiger partial charge in [-0.1, -0.05) is 32.9 Å². The van der Waals surface area contributed by atoms with E-state index >= 15 is 0 Å². The van der Waals surface area contributed by atoms with Crippen molar-refractivity contribution in [2.24, 2.45) is 0 Å². The van der Waals surface area contributed by atoms with Gasteiger partial charge >= 0.3 is 0 Å². The third-order valence-corrected chi connectivity index (χ3v) is 10.0. The van der Waals surface area contributed by atoms with Crippen LogP contribution in [0.2, 0.25) is 0 Å². The average molecular weight is 415 g/mol. The van der Waals surface area contributed by atoms with Gasteiger partial charge in [0.2, 0.25) is 0 Å². The standard InChI is InChI=1S/C19H30N2O4S2/c1-4-20-9-11-21(12-10-20)18-13-26(22,23)14-19(18)27(24,25)17-7-5-16(6-8-17)15(2)3/h5-8,15,18-19H,4,9-14H2,1-3H3/t18-,19-/m0/s1. The Morgan fingerprint density at radius 3 is 2.15 bits per heavy atom. The summed E-state index contributed by atoms with van der Waals surface area (Å²) in [4.78, 5) is 4.60. The Hall–Kier alpha value is -0.960. The fraction of sp³-hybridized carbons (Fsp3) is 0.684. The van der Waals surface area contributed by atoms with Gasteiger partial charge in [0, 0.05) is 32.2 Å². The summed E-state index contributed by atoms with van der Waals surface area (Å²) in [5, 5.41) is -0.888. The lowest BCUT2D eigenvalue weighted by atomic mass is 10.0. The molecule has 0 aromatic heterocycles. The molecule has 8 heteroatoms. The van der Waals surface area contributed by atoms with E-state index in [-0.39, 0.29) is 16.4 Å². The number of rotatable bonds is 5. The van der Waals surface area contributed by atoms with Crippen molar-refractivity contribution in [2.75, 3.05) is 44.2 Å². The zero-order valence-corrected chi connectivity index (χ0v) is 18.0. The maximum atomic E-state index is 13.3. The second-order valence-electron chi connectivity index (χ2n) is 7.92. The first-order chi connectivity index (χ1) is 12.6. The first-order valence-electron chi connectivity index (χ1n) is 9.64. The predicted octanol–water partition coefficient (Wildman–Crippen LogP) is 1.39. The molecule has 2 heterocycles. The molecule has 0 N–H and O–H groups in total. The Balaban J connectivity index is 1.87. The van der Waals surface area contributed by atoms with Gasteiger partial charge in [0.15, 0.2) is 19.7 Å². The molecule has 0 spiro atoms. The largest absolute Gasteiger partial charge is 0.301 e. The molecule has 0 radical (unpaired) electrons. The lowest BCUT2D eigenvalue weighted by molar-refractivity contribution is 0.109. The topological polar surface area (TPSA) is 74.8 Å². The van der Waals surface area contributed by atoms with Gasteiger partial charge in [-0.25, -0.2) is 16.8 Å². The fourth-order valence-electron chi connectivity index (χ4n) is 4.06. The first kappa shape index (κ1) is 20.8. The first-order valence-corrected chi connectivity index (χ1v) is 13.0. The molecule has 2 fully saturated rings. The maximum Gasteiger partial charge on any atom is 0.183 e. The van der Waals surface area contributed by atoms with E-state index in [9.17, 15) is 16.8 Å². The van der Waals surface area contributed by atoms with Crippen LogP contribution >= 0.6 is 0 Å². The SMILES string of the molecule is CCN1CCN([C@H]2CS(=O)(=O)C[C@@H]2S(=O)(=O)c2ccc(C(C)C)cc2)CC1. The minimum Gasteiger partial charge on any atom is -0.301 e. The zero-order valence-electron chi connectivity index (χ0n) is 16.3. The number of hydrogen-bond donors (Lipinski definition) is 0. The molecule has 0 saturated carbocycles. The van der Waals surface area contributed by atoms with Crippen molar-refractivity contribution in [1.29, 1.82) is 0 Å². The Bertz CT molecular complexity index is 855. The second kappa shape index (κ2) is 7.81. The highest BCUT2D eigenvalue weighted by Gasteiger charge is 2.48. The van der Waals surface area contributed by atoms with Gasteiger partial charge in [-0.05, 0) is 30.2 Å². The highest BCUT2D eigenvalue weighted by Crippen LogP contribution is 2.30. The van der Waals surface area contributed by atoms with Crippen LogP contribution in [0.5, 0.6) is 0 Å². The van der Waals surface area contributed by atoms with Gasteiger partial charge in [0.25, 0.3) is 0 Å². The Morgan fingerprint density at radius 2 is 1.63 bits per heavy atom. The van der Waals surface area contributed by atoms with Crippen molar-refractivity contribution in [1.82, 2.24) is 9.80 Å². The molecule has 2 aliphatic heterocycles. The molecule has 1 aromatic rings. The van der Waals surface area contributed by atoms with Crippen LogP contribution in [0.25, 0.3) is 0 Å². The number of sulfone groups is 2. The smallest absolute Gasteiger partial charge is 0.183 e. The lowest BCUT2D eigenvalue weighted by Gasteiger charge is -2.38. The number of piperazine rings is 1. The van der Waals surface area contributed by atoms with E-state index in [2.05, 4.69) is 30.6 Å². The van der Waals surface area contributed by atoms with Crippen LogP contribution in [0, 0.1) is 0 Å². The van der Waals surface area contributed by atoms with E-state index < -0.39 is 31.0 Å². The average Bonchev–Trinajstić information content (AvgIpc) is 2.98. The fourth-order valence-corrected chi connectivity index (χ4v) is 8.89. The van der Waals surface area contributed by atoms with Crippen molar-refractivity contribution >= 4 is 19.7 Å². The van der Waals surface area contributed by atoms with Crippen LogP contribution in [-0.4, -0.2) is 82.2 Å². The summed E-state index contributed by atoms with van der Waals surface area (Å²) in [5.74, 6) is -0.0243. The Morgan fingerprint density at radius 1 is 1.04 bits per heavy atom. The van der Waals surface area contributed by atoms with Crippen LogP contribution in [-0.2, 0) is 19.7 Å². The summed E-state index contributed by atoms with van der Waals surface area (Å²) >= 11 is 0. The van der Waals surface area contributed by atoms with E-state index in [0.717, 1.165) is 25.2 Å². The molecule has 0 amide bonds. The maximum absolute atomic E-state index is 13.3. The summed E-state index contributed by atoms with van der Waals surface area (Å²) in [6.45, 7) is 10.3. The number of hydrogen-bond acceptors (Lipinski definition) is 6. The minimum absolute atomic E-state index is 0.0624. The van der Waals surface area contributed by atoms with Crippen LogP contribution in [0.4, 0.5) is 0 Å². The van der Waals surface area contributed by atoms with E-state index in [1.165, 1.54) is 0 Å². The van der Waals surface area contributed by atoms with Gasteiger partial charge in [0.05, 0.1) is 21.7 Å². The van der Waals surface area contributed by atoms with Gasteiger partial charge in [-0.3, -0.25) is 4.90 Å². The molecular formula is C19H30N2O4S2. The molecule has 1 aromatic carbocycles. The highest BCUT2D eigenvalue weighted by atomic mass is 32.2. The summed E-state index contributed by atoms with van der Waals surface area (Å²) in [6, 6.07) is 6.46. The van der Waals surface area contributed by atoms with E-state index in [1.54, 1.807) is 12.1 Å². The van der Waals surface area contributed by atoms with Gasteiger partial charge in [-0.2, -0.15) is 0 Å². The molecular weight excluding hydrogens is 384 g/mol. The molecule has 0 unspecified atom stereocenters. The van der Waals surface area contributed by atoms with Crippen LogP contribution in [0.3, 0.4) is 0 Å². The molecule has 2 aliphatic rings. The van der Waals surface area contributed by atoms with Crippen molar-refractivity contribution in [3.05, 3.63) is 29.8 Å². The summed E-state index contributed by atoms with van der Waals surface area (Å²) in [7, 11) is -7.06. The zero-order chi connectivity index (χ0) is 19.8. The van der Waals surface area contributed by atoms with Crippen molar-refractivity contribution in [3.8, 4) is 0 Å². The normalized spacial score (nSPS) is 27.3. The molecule has 0 bridgehead atoms. The number of likely N-dealkylation sites (N-methyl/N-ethyl adjacent to an activating group) is 1. The number of benzene rings is 1. The predicted molar refractivity (Wildman–Crippen MR) is 108 cm³/mol. The molecule has 2 saturated heterocycles. The quantitative estimate of drug-likeness (QED) is 0.725. The van der Waals surface area contributed by atoms with Crippen molar-refractivity contribution in [3.63, 3.8) is 0 Å². The Kier molecular flexibility index (Phi) is 6.01. The monoisotopic (exact) mass is 414 g/mol. The molecule has 0 aliphatic carbocycles. The van der Waals surface area contributed by atoms with E-state index in [0.29, 0.717) is 19.0 Å². The second-order valence-corrected chi connectivity index (χ2v) is 12.2. The molecule has 3 rings (SSSR count). The van der Waals surface area contributed by atoms with Crippen molar-refractivity contribution in [2.45, 2.75) is 42.9 Å². The molecule has 152 valence electrons. The Labute approximate surface area is 163 Å². The van der Waals surface area contributed by atoms with E-state index in [1.807, 2.05) is 12.1 Å². The molecule has 6 nitrogen and oxygen atoms in total. The van der Waals surface area contributed by atoms with Gasteiger partial charge in [0.1, 0.15) is 0 Å². The molecule has 2 atom stereocenters. The summed E-state index contributed by atoms with van der Waals surface area (Å²) in [5.41, 5.74) is 1.07. The third-order valence-electron chi connectivity index (χ3n) is 5.87. The highest BCUT2D eigenvalue weighted by molar-refractivity contribution is 7.96. The van der Waals surface area contributed by atoms with Crippen LogP contribution < -0.4 is 0 Å². The number of nitrogens with zero attached hydrogens (tertiary/aromatic N) is 2. The van der Waals surface area contributed by atoms with Gasteiger partial charge < -0.3 is 4.90 Å². The van der Waals surface area contributed by atoms with Gasteiger partial charge in [-0.15, -0.1) is 0 Å². The van der Waals surface area contributed by atoms with Crippen LogP contribution in [0.1, 0.15) is 32.3 Å². The summed E-state index contributed by atoms with van der Waals surface area (Å²) in [6.07, 6.45) is 0.